The summed E-state index contributed by atoms with van der Waals surface area (Å²) < 4.78 is 0. The molecule has 0 bridgehead atoms. The maximum atomic E-state index is 2.48. The molecule has 0 heterocycles. The van der Waals surface area contributed by atoms with Gasteiger partial charge in [0.25, 0.3) is 0 Å². The monoisotopic (exact) mass is 166 g/mol. The minimum atomic E-state index is 1.04. The van der Waals surface area contributed by atoms with Gasteiger partial charge in [-0.1, -0.05) is 46.0 Å². The highest BCUT2D eigenvalue weighted by Gasteiger charge is 2.39. The van der Waals surface area contributed by atoms with Crippen LogP contribution in [0.15, 0.2) is 0 Å². The number of hydrogen-bond acceptors (Lipinski definition) is 0. The molecular weight excluding hydrogens is 144 g/mol. The molecule has 2 rings (SSSR count). The van der Waals surface area contributed by atoms with Crippen molar-refractivity contribution in [3.05, 3.63) is 0 Å². The molecule has 2 saturated carbocycles. The van der Waals surface area contributed by atoms with Gasteiger partial charge in [0.2, 0.25) is 0 Å². The van der Waals surface area contributed by atoms with E-state index in [0.717, 1.165) is 23.7 Å². The van der Waals surface area contributed by atoms with Crippen molar-refractivity contribution in [2.45, 2.75) is 52.4 Å². The van der Waals surface area contributed by atoms with Gasteiger partial charge in [-0.2, -0.15) is 0 Å². The Kier molecular flexibility index (Phi) is 2.43. The molecule has 0 nitrogen and oxygen atoms in total. The lowest BCUT2D eigenvalue weighted by atomic mass is 9.70. The molecule has 0 aromatic heterocycles. The Bertz CT molecular complexity index is 148. The van der Waals surface area contributed by atoms with Crippen molar-refractivity contribution in [3.8, 4) is 0 Å². The van der Waals surface area contributed by atoms with E-state index in [9.17, 15) is 0 Å². The molecule has 0 heteroatoms. The van der Waals surface area contributed by atoms with Gasteiger partial charge in [0.05, 0.1) is 0 Å². The minimum absolute atomic E-state index is 1.04. The Morgan fingerprint density at radius 3 is 2.67 bits per heavy atom. The molecule has 2 aliphatic rings. The molecule has 0 spiro atoms. The highest BCUT2D eigenvalue weighted by molar-refractivity contribution is 4.89. The van der Waals surface area contributed by atoms with E-state index in [1.165, 1.54) is 25.7 Å². The molecule has 4 unspecified atom stereocenters. The molecule has 2 fully saturated rings. The molecule has 4 atom stereocenters. The fourth-order valence-electron chi connectivity index (χ4n) is 3.82. The van der Waals surface area contributed by atoms with Crippen LogP contribution < -0.4 is 0 Å². The van der Waals surface area contributed by atoms with Crippen molar-refractivity contribution in [1.29, 1.82) is 0 Å². The topological polar surface area (TPSA) is 0 Å². The molecular formula is C12H22. The van der Waals surface area contributed by atoms with Crippen LogP contribution in [0.2, 0.25) is 0 Å². The van der Waals surface area contributed by atoms with Gasteiger partial charge in [0, 0.05) is 0 Å². The average molecular weight is 166 g/mol. The van der Waals surface area contributed by atoms with E-state index in [0.29, 0.717) is 0 Å². The first-order chi connectivity index (χ1) is 5.83. The van der Waals surface area contributed by atoms with Crippen LogP contribution in [0.4, 0.5) is 0 Å². The summed E-state index contributed by atoms with van der Waals surface area (Å²) in [6, 6.07) is 0. The predicted molar refractivity (Wildman–Crippen MR) is 53.0 cm³/mol. The molecule has 0 saturated heterocycles. The summed E-state index contributed by atoms with van der Waals surface area (Å²) in [5, 5.41) is 0. The molecule has 0 radical (unpaired) electrons. The Morgan fingerprint density at radius 1 is 1.08 bits per heavy atom. The molecule has 12 heavy (non-hydrogen) atoms. The van der Waals surface area contributed by atoms with Gasteiger partial charge in [-0.05, 0) is 30.1 Å². The maximum absolute atomic E-state index is 2.48. The van der Waals surface area contributed by atoms with Gasteiger partial charge in [0.15, 0.2) is 0 Å². The summed E-state index contributed by atoms with van der Waals surface area (Å²) >= 11 is 0. The SMILES string of the molecule is CCC1CCCC2CCC(C)C12. The van der Waals surface area contributed by atoms with Crippen LogP contribution in [0, 0.1) is 23.7 Å². The third-order valence-corrected chi connectivity index (χ3v) is 4.41. The average Bonchev–Trinajstić information content (AvgIpc) is 2.48. The van der Waals surface area contributed by atoms with E-state index >= 15 is 0 Å². The zero-order valence-corrected chi connectivity index (χ0v) is 8.55. The molecule has 0 aromatic rings. The maximum Gasteiger partial charge on any atom is -0.0332 e. The lowest BCUT2D eigenvalue weighted by molar-refractivity contribution is 0.144. The van der Waals surface area contributed by atoms with E-state index in [1.54, 1.807) is 12.8 Å². The van der Waals surface area contributed by atoms with E-state index in [4.69, 9.17) is 0 Å². The Labute approximate surface area is 76.7 Å². The van der Waals surface area contributed by atoms with Crippen molar-refractivity contribution in [2.75, 3.05) is 0 Å². The third kappa shape index (κ3) is 1.30. The quantitative estimate of drug-likeness (QED) is 0.555. The molecule has 0 N–H and O–H groups in total. The fourth-order valence-corrected chi connectivity index (χ4v) is 3.82. The van der Waals surface area contributed by atoms with Crippen molar-refractivity contribution < 1.29 is 0 Å². The van der Waals surface area contributed by atoms with Gasteiger partial charge in [-0.25, -0.2) is 0 Å². The van der Waals surface area contributed by atoms with Gasteiger partial charge in [0.1, 0.15) is 0 Å². The van der Waals surface area contributed by atoms with Crippen LogP contribution in [-0.2, 0) is 0 Å². The second-order valence-corrected chi connectivity index (χ2v) is 4.99. The van der Waals surface area contributed by atoms with E-state index in [-0.39, 0.29) is 0 Å². The standard InChI is InChI=1S/C12H22/c1-3-10-5-4-6-11-8-7-9(2)12(10)11/h9-12H,3-8H2,1-2H3. The Hall–Kier alpha value is 0. The van der Waals surface area contributed by atoms with Crippen LogP contribution in [0.1, 0.15) is 52.4 Å². The second-order valence-electron chi connectivity index (χ2n) is 4.99. The highest BCUT2D eigenvalue weighted by Crippen LogP contribution is 2.49. The first-order valence-electron chi connectivity index (χ1n) is 5.83. The second kappa shape index (κ2) is 3.40. The molecule has 0 amide bonds. The zero-order valence-electron chi connectivity index (χ0n) is 8.55. The normalized spacial score (nSPS) is 47.5. The van der Waals surface area contributed by atoms with Crippen LogP contribution in [0.3, 0.4) is 0 Å². The smallest absolute Gasteiger partial charge is 0.0332 e. The van der Waals surface area contributed by atoms with Crippen molar-refractivity contribution in [3.63, 3.8) is 0 Å². The van der Waals surface area contributed by atoms with Crippen LogP contribution in [0.5, 0.6) is 0 Å². The summed E-state index contributed by atoms with van der Waals surface area (Å²) in [5.41, 5.74) is 0. The van der Waals surface area contributed by atoms with Gasteiger partial charge >= 0.3 is 0 Å². The number of fused-ring (bicyclic) bond motifs is 1. The number of rotatable bonds is 1. The fraction of sp³-hybridized carbons (Fsp3) is 1.00. The van der Waals surface area contributed by atoms with E-state index < -0.39 is 0 Å². The molecule has 70 valence electrons. The molecule has 0 aliphatic heterocycles. The summed E-state index contributed by atoms with van der Waals surface area (Å²) in [5.74, 6) is 4.36. The van der Waals surface area contributed by atoms with Crippen molar-refractivity contribution >= 4 is 0 Å². The van der Waals surface area contributed by atoms with Crippen LogP contribution in [-0.4, -0.2) is 0 Å². The lowest BCUT2D eigenvalue weighted by Crippen LogP contribution is -2.27. The zero-order chi connectivity index (χ0) is 8.55. The molecule has 2 aliphatic carbocycles. The van der Waals surface area contributed by atoms with E-state index in [2.05, 4.69) is 13.8 Å². The van der Waals surface area contributed by atoms with Gasteiger partial charge in [-0.15, -0.1) is 0 Å². The summed E-state index contributed by atoms with van der Waals surface area (Å²) in [6.07, 6.45) is 9.10. The van der Waals surface area contributed by atoms with Crippen LogP contribution >= 0.6 is 0 Å². The van der Waals surface area contributed by atoms with Crippen LogP contribution in [0.25, 0.3) is 0 Å². The van der Waals surface area contributed by atoms with Gasteiger partial charge in [-0.3, -0.25) is 0 Å². The first kappa shape index (κ1) is 8.59. The number of hydrogen-bond donors (Lipinski definition) is 0. The lowest BCUT2D eigenvalue weighted by Gasteiger charge is -2.35. The first-order valence-corrected chi connectivity index (χ1v) is 5.83. The minimum Gasteiger partial charge on any atom is -0.0651 e. The third-order valence-electron chi connectivity index (χ3n) is 4.41. The largest absolute Gasteiger partial charge is 0.0651 e. The predicted octanol–water partition coefficient (Wildman–Crippen LogP) is 3.86. The van der Waals surface area contributed by atoms with Crippen molar-refractivity contribution in [1.82, 2.24) is 0 Å². The Morgan fingerprint density at radius 2 is 1.92 bits per heavy atom. The molecule has 0 aromatic carbocycles. The summed E-state index contributed by atoms with van der Waals surface area (Å²) in [4.78, 5) is 0. The van der Waals surface area contributed by atoms with Crippen molar-refractivity contribution in [2.24, 2.45) is 23.7 Å². The summed E-state index contributed by atoms with van der Waals surface area (Å²) in [6.45, 7) is 4.87. The van der Waals surface area contributed by atoms with Gasteiger partial charge < -0.3 is 0 Å². The van der Waals surface area contributed by atoms with E-state index in [1.807, 2.05) is 0 Å². The Balaban J connectivity index is 2.07. The highest BCUT2D eigenvalue weighted by atomic mass is 14.4. The summed E-state index contributed by atoms with van der Waals surface area (Å²) in [7, 11) is 0.